The zero-order valence-corrected chi connectivity index (χ0v) is 7.38. The van der Waals surface area contributed by atoms with Crippen molar-refractivity contribution in [2.24, 2.45) is 0 Å². The summed E-state index contributed by atoms with van der Waals surface area (Å²) < 4.78 is 0. The van der Waals surface area contributed by atoms with Crippen LogP contribution < -0.4 is 5.32 Å². The SMILES string of the molecule is CC\C=C/C=C/C=C/NCC. The normalized spacial score (nSPS) is 12.2. The second kappa shape index (κ2) is 9.02. The smallest absolute Gasteiger partial charge is 0.0113 e. The molecule has 0 bridgehead atoms. The second-order valence-electron chi connectivity index (χ2n) is 2.14. The monoisotopic (exact) mass is 151 g/mol. The Morgan fingerprint density at radius 2 is 1.73 bits per heavy atom. The van der Waals surface area contributed by atoms with E-state index in [-0.39, 0.29) is 0 Å². The van der Waals surface area contributed by atoms with Gasteiger partial charge in [-0.1, -0.05) is 31.2 Å². The molecule has 0 fully saturated rings. The third-order valence-electron chi connectivity index (χ3n) is 1.12. The minimum absolute atomic E-state index is 0.981. The Bertz CT molecular complexity index is 143. The number of allylic oxidation sites excluding steroid dienone is 5. The molecule has 0 aliphatic rings. The molecule has 0 saturated heterocycles. The molecule has 0 amide bonds. The summed E-state index contributed by atoms with van der Waals surface area (Å²) >= 11 is 0. The minimum atomic E-state index is 0.981. The van der Waals surface area contributed by atoms with Crippen molar-refractivity contribution in [2.45, 2.75) is 20.3 Å². The average Bonchev–Trinajstić information content (AvgIpc) is 2.03. The van der Waals surface area contributed by atoms with Crippen LogP contribution in [0.4, 0.5) is 0 Å². The van der Waals surface area contributed by atoms with E-state index >= 15 is 0 Å². The zero-order valence-electron chi connectivity index (χ0n) is 7.38. The first-order valence-electron chi connectivity index (χ1n) is 4.13. The van der Waals surface area contributed by atoms with E-state index in [4.69, 9.17) is 0 Å². The molecule has 0 atom stereocenters. The highest BCUT2D eigenvalue weighted by molar-refractivity contribution is 5.10. The van der Waals surface area contributed by atoms with Crippen LogP contribution in [-0.2, 0) is 0 Å². The summed E-state index contributed by atoms with van der Waals surface area (Å²) in [4.78, 5) is 0. The van der Waals surface area contributed by atoms with Crippen LogP contribution in [0, 0.1) is 0 Å². The Hall–Kier alpha value is -0.980. The average molecular weight is 151 g/mol. The highest BCUT2D eigenvalue weighted by atomic mass is 14.8. The molecule has 1 N–H and O–H groups in total. The van der Waals surface area contributed by atoms with Gasteiger partial charge in [-0.3, -0.25) is 0 Å². The molecule has 0 heterocycles. The lowest BCUT2D eigenvalue weighted by Gasteiger charge is -1.86. The summed E-state index contributed by atoms with van der Waals surface area (Å²) in [6.45, 7) is 5.18. The summed E-state index contributed by atoms with van der Waals surface area (Å²) in [5.74, 6) is 0. The molecule has 1 heteroatoms. The standard InChI is InChI=1S/C10H17N/c1-3-5-6-7-8-9-10-11-4-2/h5-11H,3-4H2,1-2H3/b6-5-,8-7+,10-9+. The molecule has 0 aliphatic heterocycles. The van der Waals surface area contributed by atoms with Gasteiger partial charge in [0, 0.05) is 6.54 Å². The van der Waals surface area contributed by atoms with Crippen LogP contribution in [0.2, 0.25) is 0 Å². The maximum atomic E-state index is 3.08. The number of nitrogens with one attached hydrogen (secondary N) is 1. The lowest BCUT2D eigenvalue weighted by molar-refractivity contribution is 0.919. The lowest BCUT2D eigenvalue weighted by atomic mass is 10.4. The molecule has 0 saturated carbocycles. The molecule has 0 unspecified atom stereocenters. The molecule has 0 radical (unpaired) electrons. The summed E-state index contributed by atoms with van der Waals surface area (Å²) in [5.41, 5.74) is 0. The Balaban J connectivity index is 3.35. The third kappa shape index (κ3) is 9.02. The molecule has 0 spiro atoms. The van der Waals surface area contributed by atoms with Crippen LogP contribution >= 0.6 is 0 Å². The van der Waals surface area contributed by atoms with E-state index in [1.165, 1.54) is 0 Å². The van der Waals surface area contributed by atoms with Crippen molar-refractivity contribution < 1.29 is 0 Å². The largest absolute Gasteiger partial charge is 0.391 e. The van der Waals surface area contributed by atoms with Gasteiger partial charge in [-0.05, 0) is 25.6 Å². The molecule has 1 nitrogen and oxygen atoms in total. The Morgan fingerprint density at radius 3 is 2.36 bits per heavy atom. The van der Waals surface area contributed by atoms with E-state index in [9.17, 15) is 0 Å². The van der Waals surface area contributed by atoms with Crippen LogP contribution in [0.1, 0.15) is 20.3 Å². The quantitative estimate of drug-likeness (QED) is 0.596. The van der Waals surface area contributed by atoms with Crippen molar-refractivity contribution in [3.8, 4) is 0 Å². The predicted octanol–water partition coefficient (Wildman–Crippen LogP) is 2.63. The van der Waals surface area contributed by atoms with Gasteiger partial charge in [0.05, 0.1) is 0 Å². The molecule has 0 aromatic heterocycles. The molecule has 0 aromatic rings. The number of rotatable bonds is 5. The molecule has 0 aromatic carbocycles. The fraction of sp³-hybridized carbons (Fsp3) is 0.400. The number of hydrogen-bond donors (Lipinski definition) is 1. The highest BCUT2D eigenvalue weighted by Gasteiger charge is 1.64. The van der Waals surface area contributed by atoms with E-state index in [2.05, 4.69) is 31.3 Å². The van der Waals surface area contributed by atoms with Gasteiger partial charge >= 0.3 is 0 Å². The van der Waals surface area contributed by atoms with Crippen LogP contribution in [0.25, 0.3) is 0 Å². The second-order valence-corrected chi connectivity index (χ2v) is 2.14. The predicted molar refractivity (Wildman–Crippen MR) is 51.4 cm³/mol. The van der Waals surface area contributed by atoms with Crippen molar-refractivity contribution >= 4 is 0 Å². The van der Waals surface area contributed by atoms with E-state index in [1.54, 1.807) is 0 Å². The molecule has 11 heavy (non-hydrogen) atoms. The van der Waals surface area contributed by atoms with Crippen molar-refractivity contribution in [3.05, 3.63) is 36.6 Å². The molecule has 0 rings (SSSR count). The van der Waals surface area contributed by atoms with Crippen LogP contribution in [0.5, 0.6) is 0 Å². The van der Waals surface area contributed by atoms with Crippen molar-refractivity contribution in [2.75, 3.05) is 6.54 Å². The van der Waals surface area contributed by atoms with Gasteiger partial charge in [0.1, 0.15) is 0 Å². The van der Waals surface area contributed by atoms with Gasteiger partial charge in [0.15, 0.2) is 0 Å². The third-order valence-corrected chi connectivity index (χ3v) is 1.12. The van der Waals surface area contributed by atoms with Gasteiger partial charge in [-0.15, -0.1) is 0 Å². The lowest BCUT2D eigenvalue weighted by Crippen LogP contribution is -2.00. The van der Waals surface area contributed by atoms with E-state index < -0.39 is 0 Å². The van der Waals surface area contributed by atoms with Crippen molar-refractivity contribution in [1.82, 2.24) is 5.32 Å². The summed E-state index contributed by atoms with van der Waals surface area (Å²) in [5, 5.41) is 3.08. The van der Waals surface area contributed by atoms with Gasteiger partial charge in [0.2, 0.25) is 0 Å². The molecule has 62 valence electrons. The Kier molecular flexibility index (Phi) is 8.22. The van der Waals surface area contributed by atoms with Gasteiger partial charge in [-0.25, -0.2) is 0 Å². The summed E-state index contributed by atoms with van der Waals surface area (Å²) in [6, 6.07) is 0. The first-order valence-corrected chi connectivity index (χ1v) is 4.13. The van der Waals surface area contributed by atoms with Gasteiger partial charge in [-0.2, -0.15) is 0 Å². The molecule has 0 aliphatic carbocycles. The number of hydrogen-bond acceptors (Lipinski definition) is 1. The summed E-state index contributed by atoms with van der Waals surface area (Å²) in [6.07, 6.45) is 13.2. The first kappa shape index (κ1) is 10.0. The Morgan fingerprint density at radius 1 is 1.00 bits per heavy atom. The molecular formula is C10H17N. The van der Waals surface area contributed by atoms with E-state index in [1.807, 2.05) is 24.4 Å². The van der Waals surface area contributed by atoms with Crippen molar-refractivity contribution in [3.63, 3.8) is 0 Å². The van der Waals surface area contributed by atoms with Crippen molar-refractivity contribution in [1.29, 1.82) is 0 Å². The van der Waals surface area contributed by atoms with Gasteiger partial charge < -0.3 is 5.32 Å². The van der Waals surface area contributed by atoms with Crippen LogP contribution in [0.15, 0.2) is 36.6 Å². The van der Waals surface area contributed by atoms with Crippen LogP contribution in [0.3, 0.4) is 0 Å². The van der Waals surface area contributed by atoms with E-state index in [0.29, 0.717) is 0 Å². The zero-order chi connectivity index (χ0) is 8.36. The fourth-order valence-electron chi connectivity index (χ4n) is 0.584. The van der Waals surface area contributed by atoms with Crippen LogP contribution in [-0.4, -0.2) is 6.54 Å². The van der Waals surface area contributed by atoms with Gasteiger partial charge in [0.25, 0.3) is 0 Å². The maximum absolute atomic E-state index is 3.08. The fourth-order valence-corrected chi connectivity index (χ4v) is 0.584. The topological polar surface area (TPSA) is 12.0 Å². The minimum Gasteiger partial charge on any atom is -0.391 e. The molecular weight excluding hydrogens is 134 g/mol. The summed E-state index contributed by atoms with van der Waals surface area (Å²) in [7, 11) is 0. The maximum Gasteiger partial charge on any atom is 0.0113 e. The Labute approximate surface area is 69.5 Å². The van der Waals surface area contributed by atoms with E-state index in [0.717, 1.165) is 13.0 Å². The first-order chi connectivity index (χ1) is 5.41. The highest BCUT2D eigenvalue weighted by Crippen LogP contribution is 1.82.